The third-order valence-electron chi connectivity index (χ3n) is 3.26. The molecular formula is C16H15ClF2N2O4S. The van der Waals surface area contributed by atoms with Crippen molar-refractivity contribution in [3.63, 3.8) is 0 Å². The Kier molecular flexibility index (Phi) is 6.65. The molecule has 0 fully saturated rings. The summed E-state index contributed by atoms with van der Waals surface area (Å²) in [7, 11) is -2.77. The summed E-state index contributed by atoms with van der Waals surface area (Å²) in [5, 5.41) is 2.24. The molecule has 2 aromatic rings. The van der Waals surface area contributed by atoms with E-state index in [1.807, 2.05) is 0 Å². The number of anilines is 1. The van der Waals surface area contributed by atoms with E-state index in [1.165, 1.54) is 19.2 Å². The smallest absolute Gasteiger partial charge is 0.255 e. The van der Waals surface area contributed by atoms with Crippen LogP contribution in [0.3, 0.4) is 0 Å². The molecule has 0 aliphatic rings. The Labute approximate surface area is 154 Å². The molecule has 2 aromatic carbocycles. The van der Waals surface area contributed by atoms with Crippen LogP contribution in [0.25, 0.3) is 0 Å². The minimum absolute atomic E-state index is 0.0528. The fourth-order valence-electron chi connectivity index (χ4n) is 1.98. The molecular weight excluding hydrogens is 390 g/mol. The Balaban J connectivity index is 2.24. The van der Waals surface area contributed by atoms with E-state index in [0.717, 1.165) is 24.3 Å². The largest absolute Gasteiger partial charge is 0.383 e. The van der Waals surface area contributed by atoms with Crippen LogP contribution >= 0.6 is 11.6 Å². The number of halogens is 3. The number of ether oxygens (including phenoxy) is 1. The Morgan fingerprint density at radius 1 is 1.15 bits per heavy atom. The van der Waals surface area contributed by atoms with E-state index in [9.17, 15) is 22.0 Å². The van der Waals surface area contributed by atoms with Gasteiger partial charge in [-0.2, -0.15) is 0 Å². The lowest BCUT2D eigenvalue weighted by atomic mass is 10.2. The first-order valence-corrected chi connectivity index (χ1v) is 9.15. The first kappa shape index (κ1) is 20.2. The van der Waals surface area contributed by atoms with E-state index < -0.39 is 32.5 Å². The van der Waals surface area contributed by atoms with E-state index in [2.05, 4.69) is 10.0 Å². The Bertz CT molecular complexity index is 922. The van der Waals surface area contributed by atoms with Crippen LogP contribution in [-0.4, -0.2) is 34.6 Å². The molecule has 0 unspecified atom stereocenters. The van der Waals surface area contributed by atoms with Crippen molar-refractivity contribution >= 4 is 33.2 Å². The maximum Gasteiger partial charge on any atom is 0.255 e. The second kappa shape index (κ2) is 8.54. The van der Waals surface area contributed by atoms with Crippen molar-refractivity contribution in [2.24, 2.45) is 0 Å². The number of carbonyl (C=O) groups excluding carboxylic acids is 1. The summed E-state index contributed by atoms with van der Waals surface area (Å²) in [5.74, 6) is -2.36. The fraction of sp³-hybridized carbons (Fsp3) is 0.188. The van der Waals surface area contributed by atoms with Crippen molar-refractivity contribution in [2.75, 3.05) is 25.6 Å². The van der Waals surface area contributed by atoms with Crippen LogP contribution in [0.1, 0.15) is 10.4 Å². The summed E-state index contributed by atoms with van der Waals surface area (Å²) >= 11 is 5.64. The van der Waals surface area contributed by atoms with E-state index in [-0.39, 0.29) is 29.4 Å². The van der Waals surface area contributed by atoms with Gasteiger partial charge in [-0.05, 0) is 36.4 Å². The minimum Gasteiger partial charge on any atom is -0.383 e. The lowest BCUT2D eigenvalue weighted by molar-refractivity contribution is 0.102. The van der Waals surface area contributed by atoms with Crippen LogP contribution in [0.15, 0.2) is 41.3 Å². The van der Waals surface area contributed by atoms with Crippen LogP contribution in [0.5, 0.6) is 0 Å². The Morgan fingerprint density at radius 2 is 1.85 bits per heavy atom. The summed E-state index contributed by atoms with van der Waals surface area (Å²) in [6, 6.07) is 6.46. The quantitative estimate of drug-likeness (QED) is 0.695. The first-order chi connectivity index (χ1) is 12.2. The number of carbonyl (C=O) groups is 1. The number of amides is 1. The van der Waals surface area contributed by atoms with Crippen molar-refractivity contribution in [2.45, 2.75) is 4.90 Å². The maximum absolute atomic E-state index is 13.9. The second-order valence-corrected chi connectivity index (χ2v) is 7.26. The van der Waals surface area contributed by atoms with E-state index >= 15 is 0 Å². The topological polar surface area (TPSA) is 84.5 Å². The second-order valence-electron chi connectivity index (χ2n) is 5.12. The van der Waals surface area contributed by atoms with Gasteiger partial charge in [0.1, 0.15) is 16.5 Å². The molecule has 0 radical (unpaired) electrons. The summed E-state index contributed by atoms with van der Waals surface area (Å²) < 4.78 is 58.2. The highest BCUT2D eigenvalue weighted by atomic mass is 35.5. The molecule has 0 aromatic heterocycles. The van der Waals surface area contributed by atoms with Crippen molar-refractivity contribution in [1.82, 2.24) is 4.72 Å². The van der Waals surface area contributed by atoms with Crippen LogP contribution in [0.4, 0.5) is 14.5 Å². The normalized spacial score (nSPS) is 11.4. The number of benzene rings is 2. The van der Waals surface area contributed by atoms with Gasteiger partial charge in [0.15, 0.2) is 0 Å². The van der Waals surface area contributed by atoms with Gasteiger partial charge < -0.3 is 10.1 Å². The highest BCUT2D eigenvalue weighted by Crippen LogP contribution is 2.21. The average molecular weight is 405 g/mol. The van der Waals surface area contributed by atoms with Gasteiger partial charge in [-0.25, -0.2) is 21.9 Å². The molecule has 0 saturated heterocycles. The molecule has 0 spiro atoms. The zero-order chi connectivity index (χ0) is 19.3. The zero-order valence-electron chi connectivity index (χ0n) is 13.6. The van der Waals surface area contributed by atoms with E-state index in [4.69, 9.17) is 16.3 Å². The Morgan fingerprint density at radius 3 is 2.50 bits per heavy atom. The molecule has 0 atom stereocenters. The third-order valence-corrected chi connectivity index (χ3v) is 5.02. The van der Waals surface area contributed by atoms with Gasteiger partial charge in [0.05, 0.1) is 11.6 Å². The standard InChI is InChI=1S/C16H15ClF2N2O4S/c1-25-7-6-20-26(23,24)15-8-10(2-4-14(15)19)16(22)21-11-3-5-13(18)12(17)9-11/h2-5,8-9,20H,6-7H2,1H3,(H,21,22). The molecule has 0 heterocycles. The Hall–Kier alpha value is -2.07. The zero-order valence-corrected chi connectivity index (χ0v) is 15.1. The highest BCUT2D eigenvalue weighted by Gasteiger charge is 2.21. The molecule has 2 N–H and O–H groups in total. The van der Waals surface area contributed by atoms with Gasteiger partial charge in [0.25, 0.3) is 5.91 Å². The predicted molar refractivity (Wildman–Crippen MR) is 92.8 cm³/mol. The highest BCUT2D eigenvalue weighted by molar-refractivity contribution is 7.89. The van der Waals surface area contributed by atoms with Crippen molar-refractivity contribution in [3.8, 4) is 0 Å². The minimum atomic E-state index is -4.16. The molecule has 0 saturated carbocycles. The first-order valence-electron chi connectivity index (χ1n) is 7.29. The average Bonchev–Trinajstić information content (AvgIpc) is 2.58. The van der Waals surface area contributed by atoms with Crippen LogP contribution in [0.2, 0.25) is 5.02 Å². The van der Waals surface area contributed by atoms with Crippen molar-refractivity contribution in [1.29, 1.82) is 0 Å². The number of sulfonamides is 1. The summed E-state index contributed by atoms with van der Waals surface area (Å²) in [4.78, 5) is 11.6. The SMILES string of the molecule is COCCNS(=O)(=O)c1cc(C(=O)Nc2ccc(F)c(Cl)c2)ccc1F. The van der Waals surface area contributed by atoms with Crippen LogP contribution in [-0.2, 0) is 14.8 Å². The predicted octanol–water partition coefficient (Wildman–Crippen LogP) is 2.80. The number of hydrogen-bond donors (Lipinski definition) is 2. The van der Waals surface area contributed by atoms with Gasteiger partial charge in [-0.1, -0.05) is 11.6 Å². The molecule has 0 aliphatic carbocycles. The molecule has 1 amide bonds. The molecule has 10 heteroatoms. The van der Waals surface area contributed by atoms with Gasteiger partial charge in [0, 0.05) is 24.9 Å². The molecule has 2 rings (SSSR count). The number of methoxy groups -OCH3 is 1. The van der Waals surface area contributed by atoms with Gasteiger partial charge >= 0.3 is 0 Å². The molecule has 0 aliphatic heterocycles. The summed E-state index contributed by atoms with van der Waals surface area (Å²) in [6.45, 7) is 0.0507. The van der Waals surface area contributed by atoms with Crippen LogP contribution < -0.4 is 10.0 Å². The number of nitrogens with one attached hydrogen (secondary N) is 2. The summed E-state index contributed by atoms with van der Waals surface area (Å²) in [5.41, 5.74) is 0.104. The van der Waals surface area contributed by atoms with Gasteiger partial charge in [0.2, 0.25) is 10.0 Å². The number of hydrogen-bond acceptors (Lipinski definition) is 4. The van der Waals surface area contributed by atoms with E-state index in [1.54, 1.807) is 0 Å². The lowest BCUT2D eigenvalue weighted by Crippen LogP contribution is -2.28. The van der Waals surface area contributed by atoms with Crippen molar-refractivity contribution in [3.05, 3.63) is 58.6 Å². The monoisotopic (exact) mass is 404 g/mol. The fourth-order valence-corrected chi connectivity index (χ4v) is 3.28. The molecule has 6 nitrogen and oxygen atoms in total. The lowest BCUT2D eigenvalue weighted by Gasteiger charge is -2.10. The van der Waals surface area contributed by atoms with Crippen molar-refractivity contribution < 1.29 is 26.7 Å². The molecule has 0 bridgehead atoms. The summed E-state index contributed by atoms with van der Waals surface area (Å²) in [6.07, 6.45) is 0. The molecule has 26 heavy (non-hydrogen) atoms. The number of rotatable bonds is 7. The van der Waals surface area contributed by atoms with Gasteiger partial charge in [-0.15, -0.1) is 0 Å². The van der Waals surface area contributed by atoms with Gasteiger partial charge in [-0.3, -0.25) is 4.79 Å². The third kappa shape index (κ3) is 4.98. The van der Waals surface area contributed by atoms with Crippen LogP contribution in [0, 0.1) is 11.6 Å². The molecule has 140 valence electrons. The maximum atomic E-state index is 13.9. The van der Waals surface area contributed by atoms with E-state index in [0.29, 0.717) is 0 Å².